The highest BCUT2D eigenvalue weighted by Gasteiger charge is 2.34. The van der Waals surface area contributed by atoms with E-state index in [9.17, 15) is 15.0 Å². The number of benzene rings is 1. The molecule has 1 unspecified atom stereocenters. The normalized spacial score (nSPS) is 17.6. The molecule has 122 valence electrons. The summed E-state index contributed by atoms with van der Waals surface area (Å²) < 4.78 is 0. The highest BCUT2D eigenvalue weighted by Crippen LogP contribution is 2.24. The molecule has 1 aromatic carbocycles. The van der Waals surface area contributed by atoms with Crippen LogP contribution in [0.3, 0.4) is 0 Å². The molecule has 0 aliphatic carbocycles. The van der Waals surface area contributed by atoms with Crippen LogP contribution in [0.15, 0.2) is 30.3 Å². The quantitative estimate of drug-likeness (QED) is 0.611. The molecule has 1 aromatic rings. The summed E-state index contributed by atoms with van der Waals surface area (Å²) in [6, 6.07) is 9.04. The van der Waals surface area contributed by atoms with Gasteiger partial charge >= 0.3 is 0 Å². The Morgan fingerprint density at radius 1 is 1.14 bits per heavy atom. The molecule has 5 nitrogen and oxygen atoms in total. The molecule has 0 amide bonds. The number of hydrogen-bond acceptors (Lipinski definition) is 5. The molecule has 0 aromatic heterocycles. The number of rotatable bonds is 8. The van der Waals surface area contributed by atoms with E-state index in [1.54, 1.807) is 0 Å². The van der Waals surface area contributed by atoms with Crippen LogP contribution in [-0.4, -0.2) is 66.3 Å². The fourth-order valence-electron chi connectivity index (χ4n) is 3.26. The van der Waals surface area contributed by atoms with E-state index in [2.05, 4.69) is 5.32 Å². The minimum absolute atomic E-state index is 0.0104. The third-order valence-corrected chi connectivity index (χ3v) is 4.33. The first kappa shape index (κ1) is 17.1. The molecule has 0 spiro atoms. The van der Waals surface area contributed by atoms with Gasteiger partial charge in [-0.05, 0) is 31.8 Å². The molecule has 1 fully saturated rings. The second-order valence-electron chi connectivity index (χ2n) is 5.75. The highest BCUT2D eigenvalue weighted by molar-refractivity contribution is 6.00. The maximum Gasteiger partial charge on any atom is 0.180 e. The Morgan fingerprint density at radius 3 is 2.27 bits per heavy atom. The topological polar surface area (TPSA) is 72.8 Å². The Morgan fingerprint density at radius 2 is 1.73 bits per heavy atom. The second kappa shape index (κ2) is 9.00. The van der Waals surface area contributed by atoms with E-state index in [1.807, 2.05) is 35.2 Å². The number of aliphatic hydroxyl groups excluding tert-OH is 2. The molecule has 1 aliphatic rings. The van der Waals surface area contributed by atoms with Gasteiger partial charge in [0.05, 0.1) is 19.3 Å². The van der Waals surface area contributed by atoms with E-state index in [0.29, 0.717) is 18.7 Å². The van der Waals surface area contributed by atoms with Gasteiger partial charge in [-0.15, -0.1) is 0 Å². The van der Waals surface area contributed by atoms with Gasteiger partial charge < -0.3 is 15.5 Å². The zero-order chi connectivity index (χ0) is 15.8. The Kier molecular flexibility index (Phi) is 6.99. The van der Waals surface area contributed by atoms with E-state index in [4.69, 9.17) is 0 Å². The lowest BCUT2D eigenvalue weighted by atomic mass is 9.84. The summed E-state index contributed by atoms with van der Waals surface area (Å²) in [5.41, 5.74) is 0.701. The Balaban J connectivity index is 2.24. The van der Waals surface area contributed by atoms with Crippen LogP contribution in [0.25, 0.3) is 0 Å². The van der Waals surface area contributed by atoms with E-state index < -0.39 is 0 Å². The van der Waals surface area contributed by atoms with Crippen LogP contribution in [0.4, 0.5) is 0 Å². The van der Waals surface area contributed by atoms with E-state index in [-0.39, 0.29) is 31.0 Å². The standard InChI is InChI=1S/C17H26N2O3/c20-12-10-19(11-13-21)16(14-6-8-18-9-7-14)17(22)15-4-2-1-3-5-15/h1-5,14,16,18,20-21H,6-13H2. The Bertz CT molecular complexity index is 440. The van der Waals surface area contributed by atoms with Crippen LogP contribution in [0.1, 0.15) is 23.2 Å². The predicted octanol–water partition coefficient (Wildman–Crippen LogP) is 0.524. The molecule has 0 saturated carbocycles. The molecule has 1 heterocycles. The van der Waals surface area contributed by atoms with Gasteiger partial charge in [-0.25, -0.2) is 0 Å². The summed E-state index contributed by atoms with van der Waals surface area (Å²) in [6.45, 7) is 2.62. The molecular weight excluding hydrogens is 280 g/mol. The molecule has 2 rings (SSSR count). The maximum absolute atomic E-state index is 13.0. The van der Waals surface area contributed by atoms with Crippen molar-refractivity contribution in [2.24, 2.45) is 5.92 Å². The summed E-state index contributed by atoms with van der Waals surface area (Å²) in [5.74, 6) is 0.349. The number of piperidine rings is 1. The Hall–Kier alpha value is -1.27. The van der Waals surface area contributed by atoms with Crippen molar-refractivity contribution in [1.29, 1.82) is 0 Å². The van der Waals surface area contributed by atoms with Crippen molar-refractivity contribution in [3.8, 4) is 0 Å². The number of nitrogens with zero attached hydrogens (tertiary/aromatic N) is 1. The van der Waals surface area contributed by atoms with Gasteiger partial charge in [-0.1, -0.05) is 30.3 Å². The summed E-state index contributed by atoms with van der Waals surface area (Å²) in [6.07, 6.45) is 1.88. The third-order valence-electron chi connectivity index (χ3n) is 4.33. The number of ketones is 1. The molecule has 1 atom stereocenters. The number of nitrogens with one attached hydrogen (secondary N) is 1. The molecule has 1 saturated heterocycles. The van der Waals surface area contributed by atoms with Crippen LogP contribution in [0.2, 0.25) is 0 Å². The van der Waals surface area contributed by atoms with Crippen LogP contribution < -0.4 is 5.32 Å². The van der Waals surface area contributed by atoms with Gasteiger partial charge in [0.25, 0.3) is 0 Å². The van der Waals surface area contributed by atoms with Gasteiger partial charge in [-0.3, -0.25) is 9.69 Å². The minimum Gasteiger partial charge on any atom is -0.395 e. The smallest absolute Gasteiger partial charge is 0.180 e. The summed E-state index contributed by atoms with van der Waals surface area (Å²) >= 11 is 0. The van der Waals surface area contributed by atoms with Crippen molar-refractivity contribution in [3.63, 3.8) is 0 Å². The van der Waals surface area contributed by atoms with E-state index >= 15 is 0 Å². The van der Waals surface area contributed by atoms with Crippen molar-refractivity contribution in [2.45, 2.75) is 18.9 Å². The molecule has 1 aliphatic heterocycles. The molecule has 0 radical (unpaired) electrons. The van der Waals surface area contributed by atoms with Crippen LogP contribution in [0.5, 0.6) is 0 Å². The van der Waals surface area contributed by atoms with Crippen molar-refractivity contribution in [1.82, 2.24) is 10.2 Å². The molecule has 0 bridgehead atoms. The van der Waals surface area contributed by atoms with Crippen molar-refractivity contribution in [2.75, 3.05) is 39.4 Å². The summed E-state index contributed by atoms with van der Waals surface area (Å²) in [7, 11) is 0. The number of aliphatic hydroxyl groups is 2. The van der Waals surface area contributed by atoms with E-state index in [0.717, 1.165) is 25.9 Å². The monoisotopic (exact) mass is 306 g/mol. The second-order valence-corrected chi connectivity index (χ2v) is 5.75. The van der Waals surface area contributed by atoms with Gasteiger partial charge in [0.15, 0.2) is 5.78 Å². The third kappa shape index (κ3) is 4.36. The fourth-order valence-corrected chi connectivity index (χ4v) is 3.26. The Labute approximate surface area is 131 Å². The number of hydrogen-bond donors (Lipinski definition) is 3. The van der Waals surface area contributed by atoms with Gasteiger partial charge in [-0.2, -0.15) is 0 Å². The largest absolute Gasteiger partial charge is 0.395 e. The van der Waals surface area contributed by atoms with Crippen LogP contribution in [0, 0.1) is 5.92 Å². The lowest BCUT2D eigenvalue weighted by Gasteiger charge is -2.37. The van der Waals surface area contributed by atoms with Gasteiger partial charge in [0.1, 0.15) is 0 Å². The van der Waals surface area contributed by atoms with Crippen molar-refractivity contribution >= 4 is 5.78 Å². The number of Topliss-reactive ketones (excluding diaryl/α,β-unsaturated/α-hetero) is 1. The summed E-state index contributed by atoms with van der Waals surface area (Å²) in [5, 5.41) is 22.0. The molecule has 3 N–H and O–H groups in total. The lowest BCUT2D eigenvalue weighted by Crippen LogP contribution is -2.51. The summed E-state index contributed by atoms with van der Waals surface area (Å²) in [4.78, 5) is 14.9. The predicted molar refractivity (Wildman–Crippen MR) is 85.9 cm³/mol. The van der Waals surface area contributed by atoms with Gasteiger partial charge in [0.2, 0.25) is 0 Å². The average Bonchev–Trinajstić information content (AvgIpc) is 2.57. The van der Waals surface area contributed by atoms with Crippen molar-refractivity contribution in [3.05, 3.63) is 35.9 Å². The number of carbonyl (C=O) groups is 1. The average molecular weight is 306 g/mol. The SMILES string of the molecule is O=C(c1ccccc1)C(C1CCNCC1)N(CCO)CCO. The first-order chi connectivity index (χ1) is 10.8. The van der Waals surface area contributed by atoms with Crippen LogP contribution in [-0.2, 0) is 0 Å². The first-order valence-electron chi connectivity index (χ1n) is 8.03. The molecule has 5 heteroatoms. The zero-order valence-electron chi connectivity index (χ0n) is 12.9. The number of carbonyl (C=O) groups excluding carboxylic acids is 1. The fraction of sp³-hybridized carbons (Fsp3) is 0.588. The lowest BCUT2D eigenvalue weighted by molar-refractivity contribution is 0.0565. The first-order valence-corrected chi connectivity index (χ1v) is 8.03. The van der Waals surface area contributed by atoms with Crippen LogP contribution >= 0.6 is 0 Å². The molecular formula is C17H26N2O3. The van der Waals surface area contributed by atoms with Gasteiger partial charge in [0, 0.05) is 18.7 Å². The van der Waals surface area contributed by atoms with E-state index in [1.165, 1.54) is 0 Å². The zero-order valence-corrected chi connectivity index (χ0v) is 12.9. The highest BCUT2D eigenvalue weighted by atomic mass is 16.3. The maximum atomic E-state index is 13.0. The molecule has 22 heavy (non-hydrogen) atoms. The minimum atomic E-state index is -0.274. The van der Waals surface area contributed by atoms with Crippen molar-refractivity contribution < 1.29 is 15.0 Å².